The van der Waals surface area contributed by atoms with Crippen LogP contribution in [-0.4, -0.2) is 17.3 Å². The molecule has 1 atom stereocenters. The van der Waals surface area contributed by atoms with Crippen molar-refractivity contribution < 1.29 is 4.74 Å². The van der Waals surface area contributed by atoms with Gasteiger partial charge in [0.2, 0.25) is 0 Å². The molecule has 14 heavy (non-hydrogen) atoms. The van der Waals surface area contributed by atoms with E-state index in [9.17, 15) is 0 Å². The Hall–Kier alpha value is -1.12. The molecule has 0 fully saturated rings. The Morgan fingerprint density at radius 1 is 1.43 bits per heavy atom. The zero-order valence-electron chi connectivity index (χ0n) is 9.37. The molecule has 1 aromatic rings. The third kappa shape index (κ3) is 2.69. The van der Waals surface area contributed by atoms with Crippen molar-refractivity contribution in [3.63, 3.8) is 0 Å². The number of aromatic nitrogens is 2. The van der Waals surface area contributed by atoms with Gasteiger partial charge in [0.25, 0.3) is 0 Å². The third-order valence-corrected chi connectivity index (χ3v) is 2.41. The van der Waals surface area contributed by atoms with Crippen LogP contribution < -0.4 is 4.74 Å². The van der Waals surface area contributed by atoms with Crippen LogP contribution in [0.15, 0.2) is 6.07 Å². The van der Waals surface area contributed by atoms with Crippen molar-refractivity contribution in [2.24, 2.45) is 5.92 Å². The standard InChI is InChI=1S/C11H18N2O/c1-5-8(2)6-10-11(14-4)7-9(3)12-13-10/h7-8H,5-6H2,1-4H3. The largest absolute Gasteiger partial charge is 0.495 e. The van der Waals surface area contributed by atoms with Crippen molar-refractivity contribution in [1.29, 1.82) is 0 Å². The van der Waals surface area contributed by atoms with Crippen LogP contribution in [0.4, 0.5) is 0 Å². The van der Waals surface area contributed by atoms with E-state index in [0.717, 1.165) is 30.0 Å². The third-order valence-electron chi connectivity index (χ3n) is 2.41. The summed E-state index contributed by atoms with van der Waals surface area (Å²) < 4.78 is 5.27. The maximum absolute atomic E-state index is 5.27. The fraction of sp³-hybridized carbons (Fsp3) is 0.636. The lowest BCUT2D eigenvalue weighted by atomic mass is 10.0. The molecule has 3 heteroatoms. The Bertz CT molecular complexity index is 299. The molecule has 1 rings (SSSR count). The van der Waals surface area contributed by atoms with Gasteiger partial charge in [-0.3, -0.25) is 0 Å². The first-order chi connectivity index (χ1) is 6.67. The van der Waals surface area contributed by atoms with Gasteiger partial charge < -0.3 is 4.74 Å². The minimum Gasteiger partial charge on any atom is -0.495 e. The fourth-order valence-electron chi connectivity index (χ4n) is 1.28. The van der Waals surface area contributed by atoms with Crippen LogP contribution in [0.3, 0.4) is 0 Å². The summed E-state index contributed by atoms with van der Waals surface area (Å²) in [6.45, 7) is 6.31. The van der Waals surface area contributed by atoms with Gasteiger partial charge in [-0.2, -0.15) is 10.2 Å². The van der Waals surface area contributed by atoms with Crippen molar-refractivity contribution in [2.45, 2.75) is 33.6 Å². The summed E-state index contributed by atoms with van der Waals surface area (Å²) in [5.74, 6) is 1.48. The molecular formula is C11H18N2O. The highest BCUT2D eigenvalue weighted by atomic mass is 16.5. The van der Waals surface area contributed by atoms with E-state index in [1.54, 1.807) is 7.11 Å². The second-order valence-electron chi connectivity index (χ2n) is 3.72. The highest BCUT2D eigenvalue weighted by Gasteiger charge is 2.09. The first-order valence-corrected chi connectivity index (χ1v) is 5.04. The van der Waals surface area contributed by atoms with Gasteiger partial charge >= 0.3 is 0 Å². The summed E-state index contributed by atoms with van der Waals surface area (Å²) in [5, 5.41) is 8.21. The SMILES string of the molecule is CCC(C)Cc1nnc(C)cc1OC. The normalized spacial score (nSPS) is 12.6. The average molecular weight is 194 g/mol. The molecule has 0 saturated heterocycles. The second kappa shape index (κ2) is 4.94. The Morgan fingerprint density at radius 2 is 2.14 bits per heavy atom. The van der Waals surface area contributed by atoms with Crippen molar-refractivity contribution in [1.82, 2.24) is 10.2 Å². The van der Waals surface area contributed by atoms with E-state index >= 15 is 0 Å². The molecule has 0 aliphatic carbocycles. The van der Waals surface area contributed by atoms with Crippen molar-refractivity contribution in [2.75, 3.05) is 7.11 Å². The maximum atomic E-state index is 5.27. The molecule has 78 valence electrons. The van der Waals surface area contributed by atoms with E-state index in [1.807, 2.05) is 13.0 Å². The second-order valence-corrected chi connectivity index (χ2v) is 3.72. The van der Waals surface area contributed by atoms with E-state index in [4.69, 9.17) is 4.74 Å². The van der Waals surface area contributed by atoms with Gasteiger partial charge in [-0.1, -0.05) is 20.3 Å². The Kier molecular flexibility index (Phi) is 3.86. The van der Waals surface area contributed by atoms with Crippen LogP contribution in [0.2, 0.25) is 0 Å². The summed E-state index contributed by atoms with van der Waals surface area (Å²) in [4.78, 5) is 0. The highest BCUT2D eigenvalue weighted by molar-refractivity contribution is 5.28. The minimum atomic E-state index is 0.626. The number of methoxy groups -OCH3 is 1. The van der Waals surface area contributed by atoms with Crippen LogP contribution in [0.5, 0.6) is 5.75 Å². The summed E-state index contributed by atoms with van der Waals surface area (Å²) in [5.41, 5.74) is 1.86. The first kappa shape index (κ1) is 11.0. The van der Waals surface area contributed by atoms with Crippen LogP contribution >= 0.6 is 0 Å². The van der Waals surface area contributed by atoms with E-state index in [-0.39, 0.29) is 0 Å². The summed E-state index contributed by atoms with van der Waals surface area (Å²) in [6.07, 6.45) is 2.09. The quantitative estimate of drug-likeness (QED) is 0.738. The highest BCUT2D eigenvalue weighted by Crippen LogP contribution is 2.20. The van der Waals surface area contributed by atoms with E-state index in [1.165, 1.54) is 0 Å². The van der Waals surface area contributed by atoms with Crippen LogP contribution in [0.25, 0.3) is 0 Å². The molecule has 0 spiro atoms. The van der Waals surface area contributed by atoms with Gasteiger partial charge in [0, 0.05) is 6.07 Å². The van der Waals surface area contributed by atoms with Crippen LogP contribution in [-0.2, 0) is 6.42 Å². The fourth-order valence-corrected chi connectivity index (χ4v) is 1.28. The number of hydrogen-bond donors (Lipinski definition) is 0. The number of ether oxygens (including phenoxy) is 1. The van der Waals surface area contributed by atoms with Gasteiger partial charge in [-0.25, -0.2) is 0 Å². The van der Waals surface area contributed by atoms with Gasteiger partial charge in [-0.05, 0) is 19.3 Å². The maximum Gasteiger partial charge on any atom is 0.144 e. The monoisotopic (exact) mass is 194 g/mol. The predicted molar refractivity (Wildman–Crippen MR) is 56.5 cm³/mol. The van der Waals surface area contributed by atoms with Gasteiger partial charge in [-0.15, -0.1) is 0 Å². The van der Waals surface area contributed by atoms with Crippen LogP contribution in [0, 0.1) is 12.8 Å². The first-order valence-electron chi connectivity index (χ1n) is 5.04. The molecule has 0 aliphatic heterocycles. The summed E-state index contributed by atoms with van der Waals surface area (Å²) >= 11 is 0. The number of rotatable bonds is 4. The van der Waals surface area contributed by atoms with E-state index in [0.29, 0.717) is 5.92 Å². The lowest BCUT2D eigenvalue weighted by molar-refractivity contribution is 0.398. The Labute approximate surface area is 85.5 Å². The van der Waals surface area contributed by atoms with Crippen molar-refractivity contribution in [3.8, 4) is 5.75 Å². The number of hydrogen-bond acceptors (Lipinski definition) is 3. The molecule has 0 amide bonds. The molecule has 0 radical (unpaired) electrons. The summed E-state index contributed by atoms with van der Waals surface area (Å²) in [7, 11) is 1.68. The Morgan fingerprint density at radius 3 is 2.71 bits per heavy atom. The van der Waals surface area contributed by atoms with Gasteiger partial charge in [0.15, 0.2) is 0 Å². The Balaban J connectivity index is 2.85. The minimum absolute atomic E-state index is 0.626. The molecule has 0 saturated carbocycles. The molecule has 1 heterocycles. The topological polar surface area (TPSA) is 35.0 Å². The number of nitrogens with zero attached hydrogens (tertiary/aromatic N) is 2. The molecule has 3 nitrogen and oxygen atoms in total. The smallest absolute Gasteiger partial charge is 0.144 e. The lowest BCUT2D eigenvalue weighted by Gasteiger charge is -2.10. The zero-order chi connectivity index (χ0) is 10.6. The number of aryl methyl sites for hydroxylation is 1. The molecule has 0 N–H and O–H groups in total. The van der Waals surface area contributed by atoms with E-state index in [2.05, 4.69) is 24.0 Å². The zero-order valence-corrected chi connectivity index (χ0v) is 9.37. The van der Waals surface area contributed by atoms with Gasteiger partial charge in [0.05, 0.1) is 12.8 Å². The summed E-state index contributed by atoms with van der Waals surface area (Å²) in [6, 6.07) is 1.94. The molecule has 0 aliphatic rings. The van der Waals surface area contributed by atoms with Crippen molar-refractivity contribution in [3.05, 3.63) is 17.5 Å². The van der Waals surface area contributed by atoms with Crippen LogP contribution in [0.1, 0.15) is 31.7 Å². The average Bonchev–Trinajstić information content (AvgIpc) is 2.20. The lowest BCUT2D eigenvalue weighted by Crippen LogP contribution is -2.05. The van der Waals surface area contributed by atoms with Gasteiger partial charge in [0.1, 0.15) is 11.4 Å². The van der Waals surface area contributed by atoms with E-state index < -0.39 is 0 Å². The molecule has 1 unspecified atom stereocenters. The molecule has 0 aromatic carbocycles. The predicted octanol–water partition coefficient (Wildman–Crippen LogP) is 2.38. The molecule has 1 aromatic heterocycles. The molecular weight excluding hydrogens is 176 g/mol. The van der Waals surface area contributed by atoms with Crippen molar-refractivity contribution >= 4 is 0 Å². The molecule has 0 bridgehead atoms.